The third-order valence-electron chi connectivity index (χ3n) is 3.09. The van der Waals surface area contributed by atoms with Gasteiger partial charge in [0.2, 0.25) is 0 Å². The van der Waals surface area contributed by atoms with Crippen LogP contribution in [0.15, 0.2) is 24.5 Å². The third kappa shape index (κ3) is 2.47. The molecule has 0 aromatic carbocycles. The fraction of sp³-hybridized carbons (Fsp3) is 0.214. The van der Waals surface area contributed by atoms with E-state index in [1.54, 1.807) is 34.6 Å². The number of hydrogen-bond acceptors (Lipinski definition) is 3. The van der Waals surface area contributed by atoms with Crippen LogP contribution in [0, 0.1) is 18.3 Å². The van der Waals surface area contributed by atoms with Crippen molar-refractivity contribution < 1.29 is 4.79 Å². The van der Waals surface area contributed by atoms with E-state index in [0.29, 0.717) is 11.3 Å². The lowest BCUT2D eigenvalue weighted by molar-refractivity contribution is 0.104. The van der Waals surface area contributed by atoms with Crippen LogP contribution in [-0.4, -0.2) is 20.1 Å². The molecule has 2 rings (SSSR count). The highest BCUT2D eigenvalue weighted by atomic mass is 16.1. The van der Waals surface area contributed by atoms with E-state index in [9.17, 15) is 4.79 Å². The van der Waals surface area contributed by atoms with Gasteiger partial charge in [-0.05, 0) is 30.7 Å². The lowest BCUT2D eigenvalue weighted by Gasteiger charge is -1.97. The number of rotatable bonds is 3. The van der Waals surface area contributed by atoms with E-state index >= 15 is 0 Å². The summed E-state index contributed by atoms with van der Waals surface area (Å²) in [5.74, 6) is -0.102. The van der Waals surface area contributed by atoms with Gasteiger partial charge in [0.15, 0.2) is 5.78 Å². The normalized spacial score (nSPS) is 10.8. The van der Waals surface area contributed by atoms with Gasteiger partial charge in [0.05, 0.1) is 11.8 Å². The third-order valence-corrected chi connectivity index (χ3v) is 3.09. The number of nitriles is 1. The molecule has 0 spiro atoms. The SMILES string of the molecule is Cc1c(/C=C/C(=O)c2cnn(C)c2)cc(C#N)n1C. The van der Waals surface area contributed by atoms with Crippen molar-refractivity contribution in [3.05, 3.63) is 47.1 Å². The zero-order valence-corrected chi connectivity index (χ0v) is 11.1. The molecule has 5 heteroatoms. The number of ketones is 1. The summed E-state index contributed by atoms with van der Waals surface area (Å²) >= 11 is 0. The van der Waals surface area contributed by atoms with E-state index in [4.69, 9.17) is 5.26 Å². The highest BCUT2D eigenvalue weighted by Crippen LogP contribution is 2.15. The largest absolute Gasteiger partial charge is 0.339 e. The van der Waals surface area contributed by atoms with Crippen LogP contribution in [0.1, 0.15) is 27.3 Å². The minimum absolute atomic E-state index is 0.102. The standard InChI is InChI=1S/C14H14N4O/c1-10-11(6-13(7-15)18(10)3)4-5-14(19)12-8-16-17(2)9-12/h4-6,8-9H,1-3H3/b5-4+. The molecule has 2 aromatic heterocycles. The smallest absolute Gasteiger partial charge is 0.189 e. The Balaban J connectivity index is 2.24. The maximum absolute atomic E-state index is 11.9. The summed E-state index contributed by atoms with van der Waals surface area (Å²) < 4.78 is 3.39. The summed E-state index contributed by atoms with van der Waals surface area (Å²) in [7, 11) is 3.59. The first kappa shape index (κ1) is 12.8. The Labute approximate surface area is 111 Å². The summed E-state index contributed by atoms with van der Waals surface area (Å²) in [6.45, 7) is 1.91. The molecule has 0 unspecified atom stereocenters. The summed E-state index contributed by atoms with van der Waals surface area (Å²) in [5, 5.41) is 12.9. The fourth-order valence-corrected chi connectivity index (χ4v) is 1.81. The maximum atomic E-state index is 11.9. The molecule has 0 saturated heterocycles. The number of carbonyl (C=O) groups excluding carboxylic acids is 1. The number of nitrogens with zero attached hydrogens (tertiary/aromatic N) is 4. The Hall–Kier alpha value is -2.61. The van der Waals surface area contributed by atoms with Gasteiger partial charge in [0.25, 0.3) is 0 Å². The average molecular weight is 254 g/mol. The molecule has 0 amide bonds. The molecule has 0 saturated carbocycles. The van der Waals surface area contributed by atoms with Gasteiger partial charge < -0.3 is 4.57 Å². The van der Waals surface area contributed by atoms with Crippen LogP contribution in [0.3, 0.4) is 0 Å². The topological polar surface area (TPSA) is 63.6 Å². The molecule has 2 heterocycles. The highest BCUT2D eigenvalue weighted by molar-refractivity contribution is 6.06. The van der Waals surface area contributed by atoms with E-state index in [1.165, 1.54) is 12.3 Å². The second kappa shape index (κ2) is 4.94. The van der Waals surface area contributed by atoms with Gasteiger partial charge in [0, 0.05) is 26.0 Å². The summed E-state index contributed by atoms with van der Waals surface area (Å²) in [6.07, 6.45) is 6.43. The van der Waals surface area contributed by atoms with Crippen molar-refractivity contribution >= 4 is 11.9 Å². The zero-order valence-electron chi connectivity index (χ0n) is 11.1. The molecule has 0 aliphatic carbocycles. The molecule has 2 aromatic rings. The molecule has 19 heavy (non-hydrogen) atoms. The van der Waals surface area contributed by atoms with Crippen LogP contribution >= 0.6 is 0 Å². The van der Waals surface area contributed by atoms with Crippen molar-refractivity contribution in [1.29, 1.82) is 5.26 Å². The van der Waals surface area contributed by atoms with Crippen LogP contribution in [-0.2, 0) is 14.1 Å². The van der Waals surface area contributed by atoms with Crippen molar-refractivity contribution in [2.24, 2.45) is 14.1 Å². The van der Waals surface area contributed by atoms with Gasteiger partial charge >= 0.3 is 0 Å². The van der Waals surface area contributed by atoms with E-state index in [0.717, 1.165) is 11.3 Å². The molecular weight excluding hydrogens is 240 g/mol. The van der Waals surface area contributed by atoms with Crippen LogP contribution in [0.25, 0.3) is 6.08 Å². The molecule has 0 radical (unpaired) electrons. The summed E-state index contributed by atoms with van der Waals surface area (Å²) in [6, 6.07) is 3.88. The van der Waals surface area contributed by atoms with Crippen LogP contribution in [0.4, 0.5) is 0 Å². The van der Waals surface area contributed by atoms with E-state index in [1.807, 2.05) is 14.0 Å². The van der Waals surface area contributed by atoms with Gasteiger partial charge in [0.1, 0.15) is 11.8 Å². The summed E-state index contributed by atoms with van der Waals surface area (Å²) in [5.41, 5.74) is 2.95. The number of aromatic nitrogens is 3. The number of allylic oxidation sites excluding steroid dienone is 1. The van der Waals surface area contributed by atoms with Crippen molar-refractivity contribution in [3.63, 3.8) is 0 Å². The zero-order chi connectivity index (χ0) is 14.0. The molecule has 0 bridgehead atoms. The highest BCUT2D eigenvalue weighted by Gasteiger charge is 2.08. The second-order valence-corrected chi connectivity index (χ2v) is 4.34. The molecule has 5 nitrogen and oxygen atoms in total. The second-order valence-electron chi connectivity index (χ2n) is 4.34. The van der Waals surface area contributed by atoms with E-state index < -0.39 is 0 Å². The fourth-order valence-electron chi connectivity index (χ4n) is 1.81. The van der Waals surface area contributed by atoms with Crippen LogP contribution in [0.2, 0.25) is 0 Å². The molecule has 0 N–H and O–H groups in total. The lowest BCUT2D eigenvalue weighted by Crippen LogP contribution is -1.94. The first-order valence-corrected chi connectivity index (χ1v) is 5.80. The van der Waals surface area contributed by atoms with Gasteiger partial charge in [-0.3, -0.25) is 9.48 Å². The van der Waals surface area contributed by atoms with Crippen molar-refractivity contribution in [2.45, 2.75) is 6.92 Å². The molecule has 96 valence electrons. The van der Waals surface area contributed by atoms with Gasteiger partial charge in [-0.1, -0.05) is 0 Å². The van der Waals surface area contributed by atoms with E-state index in [2.05, 4.69) is 11.2 Å². The number of carbonyl (C=O) groups is 1. The van der Waals surface area contributed by atoms with Crippen molar-refractivity contribution in [1.82, 2.24) is 14.3 Å². The Morgan fingerprint density at radius 3 is 2.74 bits per heavy atom. The molecule has 0 atom stereocenters. The molecule has 0 fully saturated rings. The van der Waals surface area contributed by atoms with Gasteiger partial charge in [-0.15, -0.1) is 0 Å². The number of hydrogen-bond donors (Lipinski definition) is 0. The Morgan fingerprint density at radius 2 is 2.21 bits per heavy atom. The van der Waals surface area contributed by atoms with Crippen LogP contribution < -0.4 is 0 Å². The monoisotopic (exact) mass is 254 g/mol. The Bertz CT molecular complexity index is 698. The minimum Gasteiger partial charge on any atom is -0.339 e. The first-order valence-electron chi connectivity index (χ1n) is 5.80. The number of aryl methyl sites for hydroxylation is 1. The summed E-state index contributed by atoms with van der Waals surface area (Å²) in [4.78, 5) is 11.9. The minimum atomic E-state index is -0.102. The molecule has 0 aliphatic rings. The predicted octanol–water partition coefficient (Wildman–Crippen LogP) is 1.83. The predicted molar refractivity (Wildman–Crippen MR) is 71.4 cm³/mol. The van der Waals surface area contributed by atoms with Gasteiger partial charge in [-0.2, -0.15) is 10.4 Å². The Kier molecular flexibility index (Phi) is 3.34. The van der Waals surface area contributed by atoms with Crippen molar-refractivity contribution in [3.8, 4) is 6.07 Å². The van der Waals surface area contributed by atoms with Crippen LogP contribution in [0.5, 0.6) is 0 Å². The quantitative estimate of drug-likeness (QED) is 0.620. The maximum Gasteiger partial charge on any atom is 0.189 e. The van der Waals surface area contributed by atoms with Crippen molar-refractivity contribution in [2.75, 3.05) is 0 Å². The Morgan fingerprint density at radius 1 is 1.47 bits per heavy atom. The average Bonchev–Trinajstić information content (AvgIpc) is 2.94. The molecular formula is C14H14N4O. The first-order chi connectivity index (χ1) is 9.02. The van der Waals surface area contributed by atoms with Gasteiger partial charge in [-0.25, -0.2) is 0 Å². The van der Waals surface area contributed by atoms with E-state index in [-0.39, 0.29) is 5.78 Å². The lowest BCUT2D eigenvalue weighted by atomic mass is 10.1. The molecule has 0 aliphatic heterocycles.